The molecule has 0 spiro atoms. The monoisotopic (exact) mass is 1870 g/mol. The molecule has 4 rings (SSSR count). The number of hydrogen-bond donors (Lipinski definition) is 0. The van der Waals surface area contributed by atoms with E-state index < -0.39 is 88.4 Å². The third-order valence-corrected chi connectivity index (χ3v) is 38.6. The summed E-state index contributed by atoms with van der Waals surface area (Å²) in [4.78, 5) is -2.54. The molecule has 12 nitrogen and oxygen atoms in total. The maximum Gasteiger partial charge on any atom is 0.179 e. The summed E-state index contributed by atoms with van der Waals surface area (Å²) in [5.74, 6) is -2.13. The minimum atomic E-state index is -4.47. The molecule has 18 heteroatoms. The lowest BCUT2D eigenvalue weighted by molar-refractivity contribution is 0.540. The Hall–Kier alpha value is -2.64. The van der Waals surface area contributed by atoms with Gasteiger partial charge in [0.2, 0.25) is 0 Å². The molecule has 732 valence electrons. The van der Waals surface area contributed by atoms with Gasteiger partial charge in [0, 0.05) is 0 Å². The molecule has 0 amide bonds. The Morgan fingerprint density at radius 2 is 0.190 bits per heavy atom. The maximum atomic E-state index is 15.7. The second kappa shape index (κ2) is 71.0. The van der Waals surface area contributed by atoms with E-state index in [2.05, 4.69) is 41.5 Å². The minimum absolute atomic E-state index is 0.113. The smallest absolute Gasteiger partial charge is 0.179 e. The quantitative estimate of drug-likeness (QED) is 0.0299. The summed E-state index contributed by atoms with van der Waals surface area (Å²) < 4.78 is 188. The van der Waals surface area contributed by atoms with Crippen LogP contribution in [0.25, 0.3) is 32.3 Å². The molecule has 4 aromatic carbocycles. The fourth-order valence-corrected chi connectivity index (χ4v) is 30.1. The SMILES string of the molecule is CCCCCCCCCCCCCCCS(=O)(=O)c1cc2c3cc(S(=O)(=O)CCCCCCCCCCCCCCC)c(S(=O)(=O)CCCCCCCCCCCCCCC)cc3c3cc(S(=O)(=O)CCCCCCCCCCCCCCC)c(S(=O)(=O)CCCCCCCCCCCCCCC)cc3c2cc1S(=O)(=O)CCCCCCCCCCCCCCC. The molecule has 0 N–H and O–H groups in total. The highest BCUT2D eigenvalue weighted by Crippen LogP contribution is 2.45. The Morgan fingerprint density at radius 3 is 0.270 bits per heavy atom. The van der Waals surface area contributed by atoms with Crippen molar-refractivity contribution in [2.45, 2.75) is 572 Å². The number of unbranched alkanes of at least 4 members (excludes halogenated alkanes) is 72. The van der Waals surface area contributed by atoms with Crippen LogP contribution in [0, 0.1) is 0 Å². The third-order valence-electron chi connectivity index (χ3n) is 27.2. The summed E-state index contributed by atoms with van der Waals surface area (Å²) >= 11 is 0. The molecular formula is C108H192O12S6. The van der Waals surface area contributed by atoms with E-state index in [1.165, 1.54) is 306 Å². The van der Waals surface area contributed by atoms with Crippen molar-refractivity contribution in [3.63, 3.8) is 0 Å². The molecule has 4 aromatic rings. The van der Waals surface area contributed by atoms with Gasteiger partial charge in [-0.05, 0) is 107 Å². The van der Waals surface area contributed by atoms with E-state index in [9.17, 15) is 0 Å². The molecule has 0 heterocycles. The van der Waals surface area contributed by atoms with Crippen molar-refractivity contribution in [1.82, 2.24) is 0 Å². The number of fused-ring (bicyclic) bond motifs is 6. The summed E-state index contributed by atoms with van der Waals surface area (Å²) in [6, 6.07) is 8.15. The zero-order valence-electron chi connectivity index (χ0n) is 82.2. The van der Waals surface area contributed by atoms with Gasteiger partial charge in [-0.25, -0.2) is 50.5 Å². The zero-order chi connectivity index (χ0) is 91.6. The van der Waals surface area contributed by atoms with Gasteiger partial charge in [-0.3, -0.25) is 0 Å². The van der Waals surface area contributed by atoms with Gasteiger partial charge in [-0.2, -0.15) is 0 Å². The molecule has 0 unspecified atom stereocenters. The fourth-order valence-electron chi connectivity index (χ4n) is 19.0. The minimum Gasteiger partial charge on any atom is -0.224 e. The second-order valence-electron chi connectivity index (χ2n) is 38.9. The van der Waals surface area contributed by atoms with Gasteiger partial charge in [-0.1, -0.05) is 504 Å². The first-order valence-corrected chi connectivity index (χ1v) is 63.8. The van der Waals surface area contributed by atoms with Crippen LogP contribution in [0.4, 0.5) is 0 Å². The molecule has 0 atom stereocenters. The van der Waals surface area contributed by atoms with Gasteiger partial charge in [0.1, 0.15) is 0 Å². The van der Waals surface area contributed by atoms with Gasteiger partial charge in [0.25, 0.3) is 0 Å². The first-order chi connectivity index (χ1) is 61.0. The average molecular weight is 1880 g/mol. The third kappa shape index (κ3) is 49.0. The van der Waals surface area contributed by atoms with Gasteiger partial charge in [0.15, 0.2) is 59.0 Å². The molecule has 0 saturated carbocycles. The van der Waals surface area contributed by atoms with Crippen LogP contribution in [0.2, 0.25) is 0 Å². The van der Waals surface area contributed by atoms with Gasteiger partial charge >= 0.3 is 0 Å². The van der Waals surface area contributed by atoms with E-state index in [0.29, 0.717) is 38.5 Å². The summed E-state index contributed by atoms with van der Waals surface area (Å²) in [7, 11) is -26.8. The van der Waals surface area contributed by atoms with E-state index in [1.807, 2.05) is 0 Å². The van der Waals surface area contributed by atoms with E-state index in [-0.39, 0.29) is 105 Å². The lowest BCUT2D eigenvalue weighted by Crippen LogP contribution is -2.17. The Labute approximate surface area is 778 Å². The highest BCUT2D eigenvalue weighted by atomic mass is 32.2. The summed E-state index contributed by atoms with van der Waals surface area (Å²) in [6.07, 6.45) is 80.7. The number of rotatable bonds is 90. The standard InChI is InChI=1S/C108H192O12S6/c1-7-13-19-25-31-37-43-49-55-61-67-73-79-85-121(109,110)103-91-97-98(92-104(103)122(111,112)86-80-74-68-62-56-50-44-38-32-26-20-14-8-2)100-94-106(124(115,116)88-82-76-70-64-58-52-46-40-34-28-22-16-10-4)108(126(119,120)90-84-78-72-66-60-54-48-42-36-30-24-18-12-6)96-102(100)101-95-107(125(117,118)89-83-77-71-65-59-53-47-41-35-29-23-17-11-5)105(93-99(97)101)123(113,114)87-81-75-69-63-57-51-45-39-33-27-21-15-9-3/h91-96H,7-90H2,1-6H3. The molecule has 0 radical (unpaired) electrons. The summed E-state index contributed by atoms with van der Waals surface area (Å²) in [5, 5.41) is 0.676. The lowest BCUT2D eigenvalue weighted by Gasteiger charge is -2.20. The largest absolute Gasteiger partial charge is 0.224 e. The lowest BCUT2D eigenvalue weighted by atomic mass is 9.94. The van der Waals surface area contributed by atoms with E-state index >= 15 is 50.5 Å². The molecule has 0 bridgehead atoms. The summed E-state index contributed by atoms with van der Waals surface area (Å²) in [5.41, 5.74) is 0. The molecule has 0 aromatic heterocycles. The number of sulfone groups is 6. The van der Waals surface area contributed by atoms with Crippen LogP contribution in [0.1, 0.15) is 542 Å². The van der Waals surface area contributed by atoms with E-state index in [0.717, 1.165) is 154 Å². The fraction of sp³-hybridized carbons (Fsp3) is 0.833. The molecule has 0 fully saturated rings. The molecule has 0 aliphatic rings. The summed E-state index contributed by atoms with van der Waals surface area (Å²) in [6.45, 7) is 13.4. The van der Waals surface area contributed by atoms with Crippen molar-refractivity contribution in [3.8, 4) is 0 Å². The topological polar surface area (TPSA) is 205 Å². The van der Waals surface area contributed by atoms with Crippen LogP contribution in [0.5, 0.6) is 0 Å². The normalized spacial score (nSPS) is 12.7. The number of benzene rings is 4. The van der Waals surface area contributed by atoms with Gasteiger partial charge in [0.05, 0.1) is 63.9 Å². The first-order valence-electron chi connectivity index (χ1n) is 53.9. The van der Waals surface area contributed by atoms with Crippen LogP contribution in [-0.2, 0) is 59.0 Å². The highest BCUT2D eigenvalue weighted by molar-refractivity contribution is 7.95. The highest BCUT2D eigenvalue weighted by Gasteiger charge is 2.35. The molecule has 0 saturated heterocycles. The number of hydrogen-bond acceptors (Lipinski definition) is 12. The zero-order valence-corrected chi connectivity index (χ0v) is 87.1. The molecule has 0 aliphatic carbocycles. The Balaban J connectivity index is 2.03. The second-order valence-corrected chi connectivity index (χ2v) is 51.4. The predicted octanol–water partition coefficient (Wildman–Crippen LogP) is 34.3. The van der Waals surface area contributed by atoms with Crippen molar-refractivity contribution in [3.05, 3.63) is 36.4 Å². The van der Waals surface area contributed by atoms with Crippen LogP contribution in [0.15, 0.2) is 65.8 Å². The van der Waals surface area contributed by atoms with Crippen LogP contribution in [0.3, 0.4) is 0 Å². The average Bonchev–Trinajstić information content (AvgIpc) is 0.704. The first kappa shape index (κ1) is 116. The van der Waals surface area contributed by atoms with Crippen molar-refractivity contribution in [1.29, 1.82) is 0 Å². The van der Waals surface area contributed by atoms with Crippen molar-refractivity contribution in [2.75, 3.05) is 34.5 Å². The van der Waals surface area contributed by atoms with Crippen molar-refractivity contribution in [2.24, 2.45) is 0 Å². The van der Waals surface area contributed by atoms with E-state index in [4.69, 9.17) is 0 Å². The van der Waals surface area contributed by atoms with Crippen molar-refractivity contribution < 1.29 is 50.5 Å². The van der Waals surface area contributed by atoms with Crippen LogP contribution >= 0.6 is 0 Å². The Kier molecular flexibility index (Phi) is 65.1. The van der Waals surface area contributed by atoms with Crippen LogP contribution < -0.4 is 0 Å². The maximum absolute atomic E-state index is 15.7. The molecular weight excluding hydrogens is 1680 g/mol. The predicted molar refractivity (Wildman–Crippen MR) is 545 cm³/mol. The Morgan fingerprint density at radius 1 is 0.119 bits per heavy atom. The van der Waals surface area contributed by atoms with Crippen LogP contribution in [-0.4, -0.2) is 85.0 Å². The van der Waals surface area contributed by atoms with Crippen molar-refractivity contribution >= 4 is 91.3 Å². The Bertz CT molecular complexity index is 3450. The van der Waals surface area contributed by atoms with Gasteiger partial charge in [-0.15, -0.1) is 0 Å². The molecule has 0 aliphatic heterocycles. The molecule has 126 heavy (non-hydrogen) atoms. The van der Waals surface area contributed by atoms with Gasteiger partial charge < -0.3 is 0 Å². The van der Waals surface area contributed by atoms with E-state index in [1.54, 1.807) is 0 Å².